The molecule has 8 nitrogen and oxygen atoms in total. The Labute approximate surface area is 372 Å². The predicted octanol–water partition coefficient (Wildman–Crippen LogP) is 8.47. The Morgan fingerprint density at radius 3 is 1.02 bits per heavy atom. The number of aliphatic hydroxyl groups excluding tert-OH is 2. The zero-order chi connectivity index (χ0) is 44.7. The van der Waals surface area contributed by atoms with E-state index in [4.69, 9.17) is 9.47 Å². The van der Waals surface area contributed by atoms with Gasteiger partial charge in [-0.15, -0.1) is 0 Å². The summed E-state index contributed by atoms with van der Waals surface area (Å²) in [7, 11) is 0. The van der Waals surface area contributed by atoms with Gasteiger partial charge in [0.15, 0.2) is 0 Å². The molecule has 8 heteroatoms. The predicted molar refractivity (Wildman–Crippen MR) is 260 cm³/mol. The third-order valence-corrected chi connectivity index (χ3v) is 12.2. The Morgan fingerprint density at radius 1 is 0.391 bits per heavy atom. The normalized spacial score (nSPS) is 12.7. The monoisotopic (exact) mass is 842 g/mol. The van der Waals surface area contributed by atoms with E-state index in [9.17, 15) is 13.0 Å². The summed E-state index contributed by atoms with van der Waals surface area (Å²) in [6.45, 7) is 0.988. The van der Waals surface area contributed by atoms with Gasteiger partial charge < -0.3 is 38.8 Å². The molecule has 0 saturated heterocycles. The SMILES string of the molecule is [2H]c1c(OCCCCO)cccc1-n1c2c3ccccc3c1=Cc1[nH]c(c3ccccc13)C=c1c3ccccc3c(n1-c1cccc(OCCCCO)c1[2H])=Cc1[nH]c(c3ccccc13)C=2. The molecule has 0 radical (unpaired) electrons. The fourth-order valence-electron chi connectivity index (χ4n) is 9.25. The number of nitrogens with zero attached hydrogens (tertiary/aromatic N) is 2. The lowest BCUT2D eigenvalue weighted by Gasteiger charge is -2.10. The van der Waals surface area contributed by atoms with Crippen molar-refractivity contribution in [3.8, 4) is 22.9 Å². The van der Waals surface area contributed by atoms with Crippen molar-refractivity contribution in [1.29, 1.82) is 0 Å². The summed E-state index contributed by atoms with van der Waals surface area (Å²) >= 11 is 0. The molecule has 64 heavy (non-hydrogen) atoms. The van der Waals surface area contributed by atoms with Gasteiger partial charge in [0, 0.05) is 103 Å². The van der Waals surface area contributed by atoms with Crippen LogP contribution >= 0.6 is 0 Å². The number of benzene rings is 6. The molecule has 0 spiro atoms. The van der Waals surface area contributed by atoms with Crippen molar-refractivity contribution in [3.05, 3.63) is 190 Å². The lowest BCUT2D eigenvalue weighted by Crippen LogP contribution is -2.26. The number of aromatic amines is 2. The molecule has 4 N–H and O–H groups in total. The molecule has 0 aliphatic carbocycles. The van der Waals surface area contributed by atoms with E-state index in [2.05, 4.69) is 140 Å². The minimum atomic E-state index is 0.0951. The summed E-state index contributed by atoms with van der Waals surface area (Å²) < 4.78 is 36.1. The van der Waals surface area contributed by atoms with Crippen LogP contribution in [-0.2, 0) is 0 Å². The van der Waals surface area contributed by atoms with Gasteiger partial charge in [-0.3, -0.25) is 0 Å². The van der Waals surface area contributed by atoms with Gasteiger partial charge in [-0.05, 0) is 74.3 Å². The average Bonchev–Trinajstić information content (AvgIpc) is 4.06. The highest BCUT2D eigenvalue weighted by Crippen LogP contribution is 2.28. The number of unbranched alkanes of at least 4 members (excludes halogenated alkanes) is 2. The van der Waals surface area contributed by atoms with Gasteiger partial charge in [0.2, 0.25) is 0 Å². The first-order chi connectivity index (χ1) is 32.5. The molecule has 0 amide bonds. The van der Waals surface area contributed by atoms with Crippen LogP contribution in [-0.4, -0.2) is 55.7 Å². The Bertz CT molecular complexity index is 3330. The molecule has 0 unspecified atom stereocenters. The van der Waals surface area contributed by atoms with Crippen molar-refractivity contribution in [3.63, 3.8) is 0 Å². The zero-order valence-corrected chi connectivity index (χ0v) is 35.3. The van der Waals surface area contributed by atoms with Crippen molar-refractivity contribution in [2.45, 2.75) is 25.7 Å². The summed E-state index contributed by atoms with van der Waals surface area (Å²) in [5, 5.41) is 30.7. The summed E-state index contributed by atoms with van der Waals surface area (Å²) in [5.74, 6) is 0.963. The van der Waals surface area contributed by atoms with Gasteiger partial charge in [0.05, 0.1) is 37.4 Å². The Balaban J connectivity index is 1.28. The summed E-state index contributed by atoms with van der Waals surface area (Å²) in [6.07, 6.45) is 11.4. The van der Waals surface area contributed by atoms with E-state index in [1.165, 1.54) is 0 Å². The molecule has 5 heterocycles. The van der Waals surface area contributed by atoms with Crippen LogP contribution < -0.4 is 30.9 Å². The maximum Gasteiger partial charge on any atom is 0.121 e. The van der Waals surface area contributed by atoms with Crippen LogP contribution in [0.25, 0.3) is 78.8 Å². The Hall–Kier alpha value is -7.52. The second-order valence-electron chi connectivity index (χ2n) is 16.2. The van der Waals surface area contributed by atoms with Gasteiger partial charge in [-0.25, -0.2) is 0 Å². The van der Waals surface area contributed by atoms with E-state index < -0.39 is 0 Å². The number of nitrogens with one attached hydrogen (secondary N) is 2. The fourth-order valence-corrected chi connectivity index (χ4v) is 9.25. The van der Waals surface area contributed by atoms with E-state index >= 15 is 0 Å². The van der Waals surface area contributed by atoms with Crippen molar-refractivity contribution in [1.82, 2.24) is 19.1 Å². The molecule has 316 valence electrons. The first-order valence-corrected chi connectivity index (χ1v) is 22.1. The van der Waals surface area contributed by atoms with E-state index in [-0.39, 0.29) is 25.3 Å². The topological polar surface area (TPSA) is 100 Å². The van der Waals surface area contributed by atoms with Crippen molar-refractivity contribution >= 4 is 67.4 Å². The largest absolute Gasteiger partial charge is 0.494 e. The highest BCUT2D eigenvalue weighted by molar-refractivity contribution is 6.00. The molecule has 1 aliphatic rings. The third kappa shape index (κ3) is 7.07. The number of aliphatic hydroxyl groups is 2. The highest BCUT2D eigenvalue weighted by atomic mass is 16.5. The number of ether oxygens (including phenoxy) is 2. The van der Waals surface area contributed by atoms with Gasteiger partial charge in [-0.2, -0.15) is 0 Å². The van der Waals surface area contributed by atoms with Crippen LogP contribution in [0.4, 0.5) is 0 Å². The molecule has 1 aliphatic heterocycles. The van der Waals surface area contributed by atoms with Gasteiger partial charge >= 0.3 is 0 Å². The van der Waals surface area contributed by atoms with Crippen LogP contribution in [0.3, 0.4) is 0 Å². The second kappa shape index (κ2) is 17.0. The maximum absolute atomic E-state index is 9.65. The van der Waals surface area contributed by atoms with Crippen molar-refractivity contribution in [2.24, 2.45) is 0 Å². The molecule has 11 rings (SSSR count). The summed E-state index contributed by atoms with van der Waals surface area (Å²) in [6, 6.07) is 45.8. The van der Waals surface area contributed by atoms with Crippen LogP contribution in [0.1, 0.15) is 51.2 Å². The fraction of sp³-hybridized carbons (Fsp3) is 0.143. The first-order valence-electron chi connectivity index (χ1n) is 23.1. The van der Waals surface area contributed by atoms with Crippen molar-refractivity contribution in [2.75, 3.05) is 26.4 Å². The standard InChI is InChI=1S/C56H48N4O4/c61-27-9-11-29-63-39-17-13-15-37(31-39)59-53-33-49-41-19-1-2-20-42(41)50(57-49)34-54-47-25-7-8-26-48(47)56(60(54)38-16-14-18-40(32-38)64-30-12-10-28-62)36-52-44-22-4-3-21-43(44)51(58-52)35-55(59)46-24-6-5-23-45(46)53/h1-8,13-26,31-36,57-58,61-62H,9-12,27-30H2/i31D,32D. The van der Waals surface area contributed by atoms with Crippen LogP contribution in [0, 0.1) is 0 Å². The molecule has 0 saturated carbocycles. The average molecular weight is 843 g/mol. The minimum Gasteiger partial charge on any atom is -0.494 e. The number of hydrogen-bond acceptors (Lipinski definition) is 4. The zero-order valence-electron chi connectivity index (χ0n) is 37.3. The number of rotatable bonds is 12. The van der Waals surface area contributed by atoms with E-state index in [0.29, 0.717) is 61.8 Å². The Morgan fingerprint density at radius 2 is 0.703 bits per heavy atom. The van der Waals surface area contributed by atoms with Gasteiger partial charge in [-0.1, -0.05) is 109 Å². The highest BCUT2D eigenvalue weighted by Gasteiger charge is 2.18. The number of fused-ring (bicyclic) bond motifs is 20. The van der Waals surface area contributed by atoms with Crippen LogP contribution in [0.15, 0.2) is 146 Å². The first kappa shape index (κ1) is 37.1. The van der Waals surface area contributed by atoms with Gasteiger partial charge in [0.1, 0.15) is 11.5 Å². The molecule has 4 aromatic heterocycles. The summed E-state index contributed by atoms with van der Waals surface area (Å²) in [4.78, 5) is 7.73. The smallest absolute Gasteiger partial charge is 0.121 e. The number of hydrogen-bond donors (Lipinski definition) is 4. The molecule has 10 aromatic rings. The molecule has 0 fully saturated rings. The molecule has 8 bridgehead atoms. The van der Waals surface area contributed by atoms with E-state index in [0.717, 1.165) is 87.3 Å². The van der Waals surface area contributed by atoms with Crippen LogP contribution in [0.2, 0.25) is 0 Å². The Kier molecular flexibility index (Phi) is 9.84. The lowest BCUT2D eigenvalue weighted by molar-refractivity contribution is 0.253. The molecular weight excluding hydrogens is 793 g/mol. The summed E-state index contributed by atoms with van der Waals surface area (Å²) in [5.41, 5.74) is 4.98. The molecular formula is C56H48N4O4. The van der Waals surface area contributed by atoms with E-state index in [1.54, 1.807) is 0 Å². The van der Waals surface area contributed by atoms with Crippen molar-refractivity contribution < 1.29 is 22.4 Å². The minimum absolute atomic E-state index is 0.0951. The number of aromatic nitrogens is 4. The number of H-pyrrole nitrogens is 2. The lowest BCUT2D eigenvalue weighted by atomic mass is 10.1. The van der Waals surface area contributed by atoms with Crippen LogP contribution in [0.5, 0.6) is 11.5 Å². The maximum atomic E-state index is 9.65. The quantitative estimate of drug-likeness (QED) is 0.0929. The second-order valence-corrected chi connectivity index (χ2v) is 16.2. The van der Waals surface area contributed by atoms with E-state index in [1.807, 2.05) is 36.4 Å². The molecule has 6 aromatic carbocycles. The molecule has 0 atom stereocenters. The third-order valence-electron chi connectivity index (χ3n) is 12.2. The van der Waals surface area contributed by atoms with Gasteiger partial charge in [0.25, 0.3) is 0 Å².